The van der Waals surface area contributed by atoms with Gasteiger partial charge in [-0.25, -0.2) is 0 Å². The van der Waals surface area contributed by atoms with E-state index < -0.39 is 5.97 Å². The van der Waals surface area contributed by atoms with Crippen molar-refractivity contribution < 1.29 is 9.90 Å². The molecule has 1 aromatic heterocycles. The highest BCUT2D eigenvalue weighted by molar-refractivity contribution is 5.69. The third-order valence-corrected chi connectivity index (χ3v) is 2.90. The van der Waals surface area contributed by atoms with Crippen molar-refractivity contribution in [3.05, 3.63) is 18.0 Å². The first-order valence-corrected chi connectivity index (χ1v) is 6.05. The summed E-state index contributed by atoms with van der Waals surface area (Å²) in [5.41, 5.74) is 0.924. The van der Waals surface area contributed by atoms with Gasteiger partial charge in [0, 0.05) is 18.8 Å². The Hall–Kier alpha value is -1.36. The highest BCUT2D eigenvalue weighted by atomic mass is 16.4. The summed E-state index contributed by atoms with van der Waals surface area (Å²) in [6.07, 6.45) is 2.99. The van der Waals surface area contributed by atoms with Crippen LogP contribution in [0.3, 0.4) is 0 Å². The molecule has 0 aliphatic carbocycles. The van der Waals surface area contributed by atoms with Crippen LogP contribution in [-0.4, -0.2) is 38.8 Å². The Morgan fingerprint density at radius 1 is 1.59 bits per heavy atom. The summed E-state index contributed by atoms with van der Waals surface area (Å²) in [6, 6.07) is 2.34. The van der Waals surface area contributed by atoms with Gasteiger partial charge in [0.2, 0.25) is 0 Å². The zero-order chi connectivity index (χ0) is 12.8. The molecule has 0 bridgehead atoms. The van der Waals surface area contributed by atoms with E-state index in [1.807, 2.05) is 28.8 Å². The van der Waals surface area contributed by atoms with Crippen LogP contribution >= 0.6 is 0 Å². The number of carbonyl (C=O) groups is 1. The Morgan fingerprint density at radius 3 is 2.82 bits per heavy atom. The molecule has 5 heteroatoms. The number of hydrogen-bond donors (Lipinski definition) is 1. The Bertz CT molecular complexity index is 362. The molecule has 5 nitrogen and oxygen atoms in total. The third kappa shape index (κ3) is 4.19. The maximum atomic E-state index is 10.7. The molecule has 0 aliphatic heterocycles. The predicted molar refractivity (Wildman–Crippen MR) is 65.8 cm³/mol. The van der Waals surface area contributed by atoms with Crippen LogP contribution < -0.4 is 0 Å². The fourth-order valence-corrected chi connectivity index (χ4v) is 1.59. The summed E-state index contributed by atoms with van der Waals surface area (Å²) >= 11 is 0. The molecule has 0 saturated carbocycles. The Morgan fingerprint density at radius 2 is 2.29 bits per heavy atom. The summed E-state index contributed by atoms with van der Waals surface area (Å²) in [5, 5.41) is 13.2. The van der Waals surface area contributed by atoms with Crippen molar-refractivity contribution in [2.45, 2.75) is 39.8 Å². The van der Waals surface area contributed by atoms with Gasteiger partial charge in [-0.15, -0.1) is 0 Å². The second-order valence-corrected chi connectivity index (χ2v) is 4.24. The molecule has 1 heterocycles. The fraction of sp³-hybridized carbons (Fsp3) is 0.667. The van der Waals surface area contributed by atoms with Gasteiger partial charge in [0.05, 0.1) is 12.2 Å². The minimum atomic E-state index is -0.798. The maximum absolute atomic E-state index is 10.7. The SMILES string of the molecule is CCC(C)n1ccc(CN(CC)CC(=O)O)n1. The Kier molecular flexibility index (Phi) is 5.15. The number of nitrogens with zero attached hydrogens (tertiary/aromatic N) is 3. The summed E-state index contributed by atoms with van der Waals surface area (Å²) in [5.74, 6) is -0.798. The van der Waals surface area contributed by atoms with Crippen LogP contribution in [-0.2, 0) is 11.3 Å². The molecule has 0 saturated heterocycles. The number of rotatable bonds is 7. The lowest BCUT2D eigenvalue weighted by molar-refractivity contribution is -0.138. The zero-order valence-corrected chi connectivity index (χ0v) is 10.8. The minimum Gasteiger partial charge on any atom is -0.480 e. The van der Waals surface area contributed by atoms with Crippen molar-refractivity contribution >= 4 is 5.97 Å². The number of hydrogen-bond acceptors (Lipinski definition) is 3. The quantitative estimate of drug-likeness (QED) is 0.787. The van der Waals surface area contributed by atoms with Gasteiger partial charge >= 0.3 is 5.97 Å². The van der Waals surface area contributed by atoms with Gasteiger partial charge in [0.25, 0.3) is 0 Å². The van der Waals surface area contributed by atoms with Crippen LogP contribution in [0.25, 0.3) is 0 Å². The maximum Gasteiger partial charge on any atom is 0.317 e. The molecule has 0 spiro atoms. The Labute approximate surface area is 102 Å². The van der Waals surface area contributed by atoms with Crippen LogP contribution in [0.1, 0.15) is 38.9 Å². The molecule has 1 unspecified atom stereocenters. The van der Waals surface area contributed by atoms with Crippen molar-refractivity contribution in [1.29, 1.82) is 0 Å². The van der Waals surface area contributed by atoms with Crippen molar-refractivity contribution in [2.75, 3.05) is 13.1 Å². The predicted octanol–water partition coefficient (Wildman–Crippen LogP) is 1.76. The molecule has 0 aliphatic rings. The number of aliphatic carboxylic acids is 1. The second-order valence-electron chi connectivity index (χ2n) is 4.24. The van der Waals surface area contributed by atoms with E-state index in [1.54, 1.807) is 0 Å². The van der Waals surface area contributed by atoms with Crippen LogP contribution in [0.4, 0.5) is 0 Å². The fourth-order valence-electron chi connectivity index (χ4n) is 1.59. The van der Waals surface area contributed by atoms with Gasteiger partial charge < -0.3 is 5.11 Å². The summed E-state index contributed by atoms with van der Waals surface area (Å²) in [6.45, 7) is 7.55. The van der Waals surface area contributed by atoms with Crippen LogP contribution in [0.2, 0.25) is 0 Å². The van der Waals surface area contributed by atoms with Gasteiger partial charge in [-0.05, 0) is 26.0 Å². The van der Waals surface area contributed by atoms with Gasteiger partial charge in [0.1, 0.15) is 0 Å². The molecule has 17 heavy (non-hydrogen) atoms. The van der Waals surface area contributed by atoms with Gasteiger partial charge in [0.15, 0.2) is 0 Å². The smallest absolute Gasteiger partial charge is 0.317 e. The van der Waals surface area contributed by atoms with E-state index in [2.05, 4.69) is 18.9 Å². The molecule has 0 radical (unpaired) electrons. The van der Waals surface area contributed by atoms with Crippen molar-refractivity contribution in [1.82, 2.24) is 14.7 Å². The molecule has 96 valence electrons. The van der Waals surface area contributed by atoms with Gasteiger partial charge in [-0.2, -0.15) is 5.10 Å². The number of carboxylic acid groups (broad SMARTS) is 1. The normalized spacial score (nSPS) is 12.9. The molecular weight excluding hydrogens is 218 g/mol. The number of carboxylic acids is 1. The largest absolute Gasteiger partial charge is 0.480 e. The van der Waals surface area contributed by atoms with Crippen LogP contribution in [0.5, 0.6) is 0 Å². The zero-order valence-electron chi connectivity index (χ0n) is 10.8. The lowest BCUT2D eigenvalue weighted by Gasteiger charge is -2.16. The van der Waals surface area contributed by atoms with E-state index in [0.717, 1.165) is 12.1 Å². The molecule has 1 rings (SSSR count). The summed E-state index contributed by atoms with van der Waals surface area (Å²) in [7, 11) is 0. The molecule has 1 N–H and O–H groups in total. The molecular formula is C12H21N3O2. The number of aromatic nitrogens is 2. The molecule has 0 aromatic carbocycles. The molecule has 0 amide bonds. The Balaban J connectivity index is 2.61. The van der Waals surface area contributed by atoms with E-state index in [9.17, 15) is 4.79 Å². The first-order chi connectivity index (χ1) is 8.06. The summed E-state index contributed by atoms with van der Waals surface area (Å²) in [4.78, 5) is 12.5. The number of likely N-dealkylation sites (N-methyl/N-ethyl adjacent to an activating group) is 1. The topological polar surface area (TPSA) is 58.4 Å². The summed E-state index contributed by atoms with van der Waals surface area (Å²) < 4.78 is 1.93. The first kappa shape index (κ1) is 13.7. The monoisotopic (exact) mass is 239 g/mol. The van der Waals surface area contributed by atoms with Crippen LogP contribution in [0.15, 0.2) is 12.3 Å². The molecule has 1 atom stereocenters. The lowest BCUT2D eigenvalue weighted by Crippen LogP contribution is -2.29. The highest BCUT2D eigenvalue weighted by Gasteiger charge is 2.11. The minimum absolute atomic E-state index is 0.0622. The van der Waals surface area contributed by atoms with E-state index in [1.165, 1.54) is 0 Å². The van der Waals surface area contributed by atoms with E-state index >= 15 is 0 Å². The molecule has 0 fully saturated rings. The van der Waals surface area contributed by atoms with Crippen LogP contribution in [0, 0.1) is 0 Å². The highest BCUT2D eigenvalue weighted by Crippen LogP contribution is 2.10. The van der Waals surface area contributed by atoms with Crippen molar-refractivity contribution in [2.24, 2.45) is 0 Å². The van der Waals surface area contributed by atoms with Crippen molar-refractivity contribution in [3.8, 4) is 0 Å². The van der Waals surface area contributed by atoms with Gasteiger partial charge in [-0.1, -0.05) is 13.8 Å². The lowest BCUT2D eigenvalue weighted by atomic mass is 10.3. The van der Waals surface area contributed by atoms with E-state index in [4.69, 9.17) is 5.11 Å². The second kappa shape index (κ2) is 6.39. The first-order valence-electron chi connectivity index (χ1n) is 6.05. The molecule has 1 aromatic rings. The van der Waals surface area contributed by atoms with E-state index in [-0.39, 0.29) is 6.54 Å². The standard InChI is InChI=1S/C12H21N3O2/c1-4-10(3)15-7-6-11(13-15)8-14(5-2)9-12(16)17/h6-7,10H,4-5,8-9H2,1-3H3,(H,16,17). The van der Waals surface area contributed by atoms with E-state index in [0.29, 0.717) is 19.1 Å². The van der Waals surface area contributed by atoms with Gasteiger partial charge in [-0.3, -0.25) is 14.4 Å². The van der Waals surface area contributed by atoms with Crippen molar-refractivity contribution in [3.63, 3.8) is 0 Å². The third-order valence-electron chi connectivity index (χ3n) is 2.90. The average molecular weight is 239 g/mol. The average Bonchev–Trinajstić information content (AvgIpc) is 2.75.